The van der Waals surface area contributed by atoms with Crippen molar-refractivity contribution in [3.8, 4) is 34.6 Å². The van der Waals surface area contributed by atoms with Crippen LogP contribution < -0.4 is 35.5 Å². The number of halogens is 2. The molecule has 1 N–H and O–H groups in total. The van der Waals surface area contributed by atoms with Crippen LogP contribution in [0.2, 0.25) is 0 Å². The van der Waals surface area contributed by atoms with Crippen molar-refractivity contribution in [2.24, 2.45) is 0 Å². The van der Waals surface area contributed by atoms with Crippen LogP contribution in [0, 0.1) is 11.6 Å². The van der Waals surface area contributed by atoms with Crippen LogP contribution in [0.25, 0.3) is 16.6 Å². The number of ketones is 1. The zero-order chi connectivity index (χ0) is 32.2. The molecule has 2 aromatic heterocycles. The fourth-order valence-electron chi connectivity index (χ4n) is 4.24. The Morgan fingerprint density at radius 3 is 2.27 bits per heavy atom. The maximum atomic E-state index is 15.1. The van der Waals surface area contributed by atoms with Crippen LogP contribution in [0.15, 0.2) is 76.4 Å². The molecule has 0 radical (unpaired) electrons. The Labute approximate surface area is 252 Å². The standard InChI is InChI=1S/C30H23F2N5O8/c1-16(38)15-36-30(41)37(19-7-4-17(31)5-8-19)28(39)27(35-36)45-29(40)34-18-6-9-24(21(32)12-18)44-23-10-11-33-22-14-26(43-3)25(42-2)13-20(22)23/h4-14H,15H2,1-3H3,(H,34,40). The molecule has 0 spiro atoms. The van der Waals surface area contributed by atoms with Gasteiger partial charge in [-0.1, -0.05) is 0 Å². The number of Topliss-reactive ketones (excluding diaryl/α,β-unsaturated/α-hetero) is 1. The molecule has 0 saturated heterocycles. The number of hydrogen-bond donors (Lipinski definition) is 1. The van der Waals surface area contributed by atoms with Gasteiger partial charge in [0.2, 0.25) is 0 Å². The lowest BCUT2D eigenvalue weighted by Gasteiger charge is -2.13. The molecule has 0 atom stereocenters. The lowest BCUT2D eigenvalue weighted by atomic mass is 10.2. The first-order chi connectivity index (χ1) is 21.6. The highest BCUT2D eigenvalue weighted by Crippen LogP contribution is 2.37. The third kappa shape index (κ3) is 6.46. The summed E-state index contributed by atoms with van der Waals surface area (Å²) in [5.74, 6) is -1.89. The van der Waals surface area contributed by atoms with Crippen molar-refractivity contribution >= 4 is 28.5 Å². The van der Waals surface area contributed by atoms with Gasteiger partial charge in [-0.25, -0.2) is 27.6 Å². The Kier molecular flexibility index (Phi) is 8.51. The molecule has 0 aliphatic carbocycles. The van der Waals surface area contributed by atoms with Crippen molar-refractivity contribution in [2.75, 3.05) is 19.5 Å². The van der Waals surface area contributed by atoms with Crippen molar-refractivity contribution in [1.29, 1.82) is 0 Å². The predicted molar refractivity (Wildman–Crippen MR) is 156 cm³/mol. The lowest BCUT2D eigenvalue weighted by molar-refractivity contribution is -0.117. The number of rotatable bonds is 9. The molecule has 0 aliphatic rings. The highest BCUT2D eigenvalue weighted by atomic mass is 19.1. The Morgan fingerprint density at radius 1 is 0.889 bits per heavy atom. The number of aromatic nitrogens is 4. The second kappa shape index (κ2) is 12.6. The summed E-state index contributed by atoms with van der Waals surface area (Å²) in [5.41, 5.74) is -1.81. The summed E-state index contributed by atoms with van der Waals surface area (Å²) in [6, 6.07) is 12.7. The monoisotopic (exact) mass is 619 g/mol. The van der Waals surface area contributed by atoms with Gasteiger partial charge >= 0.3 is 23.2 Å². The third-order valence-electron chi connectivity index (χ3n) is 6.26. The fraction of sp³-hybridized carbons (Fsp3) is 0.133. The van der Waals surface area contributed by atoms with E-state index in [0.717, 1.165) is 30.3 Å². The molecule has 230 valence electrons. The van der Waals surface area contributed by atoms with E-state index < -0.39 is 47.2 Å². The number of pyridine rings is 1. The Morgan fingerprint density at radius 2 is 1.60 bits per heavy atom. The normalized spacial score (nSPS) is 10.8. The number of ether oxygens (including phenoxy) is 4. The largest absolute Gasteiger partial charge is 0.493 e. The number of anilines is 1. The van der Waals surface area contributed by atoms with E-state index in [1.165, 1.54) is 45.5 Å². The lowest BCUT2D eigenvalue weighted by Crippen LogP contribution is -2.42. The van der Waals surface area contributed by atoms with E-state index in [0.29, 0.717) is 31.7 Å². The van der Waals surface area contributed by atoms with Gasteiger partial charge in [-0.2, -0.15) is 0 Å². The molecule has 2 heterocycles. The van der Waals surface area contributed by atoms with E-state index in [2.05, 4.69) is 15.4 Å². The van der Waals surface area contributed by atoms with Crippen molar-refractivity contribution in [3.63, 3.8) is 0 Å². The SMILES string of the molecule is COc1cc2nccc(Oc3ccc(NC(=O)Oc4nn(CC(C)=O)c(=O)n(-c5ccc(F)cc5)c4=O)cc3F)c2cc1OC. The van der Waals surface area contributed by atoms with Crippen molar-refractivity contribution < 1.29 is 37.3 Å². The first-order valence-corrected chi connectivity index (χ1v) is 13.0. The molecular formula is C30H23F2N5O8. The maximum absolute atomic E-state index is 15.1. The van der Waals surface area contributed by atoms with Crippen molar-refractivity contribution in [1.82, 2.24) is 19.3 Å². The number of amides is 1. The van der Waals surface area contributed by atoms with Gasteiger partial charge in [0.1, 0.15) is 18.1 Å². The van der Waals surface area contributed by atoms with Crippen LogP contribution in [0.4, 0.5) is 19.3 Å². The van der Waals surface area contributed by atoms with Gasteiger partial charge in [0.15, 0.2) is 28.8 Å². The molecule has 5 aromatic rings. The van der Waals surface area contributed by atoms with E-state index >= 15 is 4.39 Å². The molecule has 1 amide bonds. The van der Waals surface area contributed by atoms with Crippen molar-refractivity contribution in [2.45, 2.75) is 13.5 Å². The van der Waals surface area contributed by atoms with Gasteiger partial charge in [-0.3, -0.25) is 19.9 Å². The Balaban J connectivity index is 1.38. The van der Waals surface area contributed by atoms with Crippen LogP contribution in [0.1, 0.15) is 6.92 Å². The molecule has 0 saturated carbocycles. The first kappa shape index (κ1) is 30.3. The summed E-state index contributed by atoms with van der Waals surface area (Å²) in [6.07, 6.45) is 0.220. The average Bonchev–Trinajstić information content (AvgIpc) is 3.01. The molecule has 5 rings (SSSR count). The predicted octanol–water partition coefficient (Wildman–Crippen LogP) is 4.23. The molecule has 15 heteroatoms. The van der Waals surface area contributed by atoms with Gasteiger partial charge in [0, 0.05) is 29.4 Å². The third-order valence-corrected chi connectivity index (χ3v) is 6.26. The summed E-state index contributed by atoms with van der Waals surface area (Å²) in [4.78, 5) is 54.6. The number of carbonyl (C=O) groups is 2. The van der Waals surface area contributed by atoms with Gasteiger partial charge in [-0.15, -0.1) is 5.10 Å². The highest BCUT2D eigenvalue weighted by molar-refractivity contribution is 5.88. The van der Waals surface area contributed by atoms with E-state index in [1.807, 2.05) is 0 Å². The van der Waals surface area contributed by atoms with Crippen LogP contribution in [-0.2, 0) is 11.3 Å². The molecule has 3 aromatic carbocycles. The first-order valence-electron chi connectivity index (χ1n) is 13.0. The number of hydrogen-bond acceptors (Lipinski definition) is 10. The van der Waals surface area contributed by atoms with Crippen LogP contribution in [0.3, 0.4) is 0 Å². The molecule has 0 fully saturated rings. The van der Waals surface area contributed by atoms with Gasteiger partial charge in [0.05, 0.1) is 25.4 Å². The molecule has 45 heavy (non-hydrogen) atoms. The number of fused-ring (bicyclic) bond motifs is 1. The number of carbonyl (C=O) groups excluding carboxylic acids is 2. The van der Waals surface area contributed by atoms with E-state index in [4.69, 9.17) is 18.9 Å². The smallest absolute Gasteiger partial charge is 0.418 e. The van der Waals surface area contributed by atoms with Crippen LogP contribution in [0.5, 0.6) is 28.9 Å². The van der Waals surface area contributed by atoms with Gasteiger partial charge < -0.3 is 18.9 Å². The van der Waals surface area contributed by atoms with E-state index in [-0.39, 0.29) is 22.9 Å². The van der Waals surface area contributed by atoms with Gasteiger partial charge in [-0.05, 0) is 55.5 Å². The molecule has 13 nitrogen and oxygen atoms in total. The van der Waals surface area contributed by atoms with Crippen LogP contribution >= 0.6 is 0 Å². The second-order valence-electron chi connectivity index (χ2n) is 9.36. The summed E-state index contributed by atoms with van der Waals surface area (Å²) in [7, 11) is 2.95. The summed E-state index contributed by atoms with van der Waals surface area (Å²) in [5, 5.41) is 6.48. The molecule has 0 unspecified atom stereocenters. The highest BCUT2D eigenvalue weighted by Gasteiger charge is 2.20. The van der Waals surface area contributed by atoms with Gasteiger partial charge in [0.25, 0.3) is 0 Å². The summed E-state index contributed by atoms with van der Waals surface area (Å²) < 4.78 is 51.2. The van der Waals surface area contributed by atoms with E-state index in [1.54, 1.807) is 12.1 Å². The Bertz CT molecular complexity index is 2060. The average molecular weight is 620 g/mol. The van der Waals surface area contributed by atoms with E-state index in [9.17, 15) is 23.6 Å². The quantitative estimate of drug-likeness (QED) is 0.254. The minimum atomic E-state index is -1.26. The maximum Gasteiger partial charge on any atom is 0.418 e. The minimum Gasteiger partial charge on any atom is -0.493 e. The van der Waals surface area contributed by atoms with Crippen molar-refractivity contribution in [3.05, 3.63) is 99.3 Å². The Hall–Kier alpha value is -6.12. The summed E-state index contributed by atoms with van der Waals surface area (Å²) >= 11 is 0. The number of nitrogens with one attached hydrogen (secondary N) is 1. The number of nitrogens with zero attached hydrogens (tertiary/aromatic N) is 4. The minimum absolute atomic E-state index is 0.0615. The second-order valence-corrected chi connectivity index (χ2v) is 9.36. The number of benzene rings is 3. The zero-order valence-corrected chi connectivity index (χ0v) is 23.9. The zero-order valence-electron chi connectivity index (χ0n) is 23.9. The van der Waals surface area contributed by atoms with Crippen LogP contribution in [-0.4, -0.2) is 45.4 Å². The fourth-order valence-corrected chi connectivity index (χ4v) is 4.24. The topological polar surface area (TPSA) is 153 Å². The summed E-state index contributed by atoms with van der Waals surface area (Å²) in [6.45, 7) is 0.639. The molecule has 0 aliphatic heterocycles. The molecular weight excluding hydrogens is 596 g/mol. The molecule has 0 bridgehead atoms. The number of methoxy groups -OCH3 is 2.